The van der Waals surface area contributed by atoms with Crippen molar-refractivity contribution in [3.8, 4) is 0 Å². The molecule has 1 aliphatic heterocycles. The molecule has 0 aromatic carbocycles. The standard InChI is InChI=1S/C6H11NS2.K.H/c8-6(9)7-4-2-1-3-5-7;;/h1-5H2,(H,8,9);;. The van der Waals surface area contributed by atoms with Crippen LogP contribution in [0, 0.1) is 0 Å². The molecule has 1 fully saturated rings. The van der Waals surface area contributed by atoms with Gasteiger partial charge in [-0.05, 0) is 19.3 Å². The number of likely N-dealkylation sites (tertiary alicyclic amines) is 1. The maximum atomic E-state index is 4.91. The first-order chi connectivity index (χ1) is 4.30. The van der Waals surface area contributed by atoms with E-state index in [9.17, 15) is 0 Å². The first-order valence-corrected chi connectivity index (χ1v) is 4.14. The molecule has 0 saturated carbocycles. The Morgan fingerprint density at radius 2 is 1.70 bits per heavy atom. The number of nitrogens with zero attached hydrogens (tertiary/aromatic N) is 1. The van der Waals surface area contributed by atoms with Crippen LogP contribution in [0.15, 0.2) is 0 Å². The van der Waals surface area contributed by atoms with Crippen molar-refractivity contribution in [3.63, 3.8) is 0 Å². The van der Waals surface area contributed by atoms with Crippen LogP contribution in [0.1, 0.15) is 19.3 Å². The van der Waals surface area contributed by atoms with Gasteiger partial charge in [-0.2, -0.15) is 0 Å². The molecule has 1 saturated heterocycles. The number of hydrogen-bond acceptors (Lipinski definition) is 1. The minimum absolute atomic E-state index is 0. The van der Waals surface area contributed by atoms with E-state index in [-0.39, 0.29) is 51.4 Å². The Bertz CT molecular complexity index is 112. The van der Waals surface area contributed by atoms with Gasteiger partial charge in [0, 0.05) is 13.1 Å². The number of piperidine rings is 1. The molecule has 0 aromatic heterocycles. The van der Waals surface area contributed by atoms with Crippen LogP contribution < -0.4 is 0 Å². The van der Waals surface area contributed by atoms with Gasteiger partial charge in [-0.3, -0.25) is 0 Å². The third-order valence-electron chi connectivity index (χ3n) is 1.63. The van der Waals surface area contributed by atoms with Gasteiger partial charge in [0.15, 0.2) is 0 Å². The van der Waals surface area contributed by atoms with E-state index in [1.54, 1.807) is 0 Å². The Kier molecular flexibility index (Phi) is 7.60. The summed E-state index contributed by atoms with van der Waals surface area (Å²) in [5.41, 5.74) is 0. The summed E-state index contributed by atoms with van der Waals surface area (Å²) in [4.78, 5) is 2.15. The van der Waals surface area contributed by atoms with E-state index in [1.165, 1.54) is 19.3 Å². The van der Waals surface area contributed by atoms with E-state index in [0.29, 0.717) is 0 Å². The van der Waals surface area contributed by atoms with Crippen LogP contribution in [0.4, 0.5) is 0 Å². The number of rotatable bonds is 0. The second-order valence-corrected chi connectivity index (χ2v) is 3.44. The van der Waals surface area contributed by atoms with Gasteiger partial charge in [-0.1, -0.05) is 12.2 Å². The van der Waals surface area contributed by atoms with Gasteiger partial charge >= 0.3 is 51.4 Å². The summed E-state index contributed by atoms with van der Waals surface area (Å²) in [6.45, 7) is 2.23. The van der Waals surface area contributed by atoms with Crippen molar-refractivity contribution in [2.75, 3.05) is 13.1 Å². The second kappa shape index (κ2) is 6.40. The van der Waals surface area contributed by atoms with Crippen molar-refractivity contribution in [3.05, 3.63) is 0 Å². The Labute approximate surface area is 116 Å². The summed E-state index contributed by atoms with van der Waals surface area (Å²) in [5, 5.41) is 0. The summed E-state index contributed by atoms with van der Waals surface area (Å²) in [6.07, 6.45) is 3.91. The van der Waals surface area contributed by atoms with Crippen molar-refractivity contribution >= 4 is 80.6 Å². The fraction of sp³-hybridized carbons (Fsp3) is 0.833. The molecule has 0 aliphatic carbocycles. The van der Waals surface area contributed by atoms with Crippen LogP contribution in [0.25, 0.3) is 0 Å². The molecule has 1 nitrogen and oxygen atoms in total. The minimum atomic E-state index is 0. The average molecular weight is 201 g/mol. The van der Waals surface area contributed by atoms with Gasteiger partial charge in [0.05, 0.1) is 0 Å². The molecule has 4 heteroatoms. The van der Waals surface area contributed by atoms with Gasteiger partial charge in [0.25, 0.3) is 0 Å². The summed E-state index contributed by atoms with van der Waals surface area (Å²) >= 11 is 9.00. The third-order valence-corrected chi connectivity index (χ3v) is 2.17. The molecule has 0 unspecified atom stereocenters. The average Bonchev–Trinajstić information content (AvgIpc) is 1.90. The summed E-state index contributed by atoms with van der Waals surface area (Å²) in [6, 6.07) is 0. The molecule has 0 bridgehead atoms. The van der Waals surface area contributed by atoms with Crippen LogP contribution >= 0.6 is 24.8 Å². The monoisotopic (exact) mass is 201 g/mol. The number of hydrogen-bond donors (Lipinski definition) is 1. The fourth-order valence-electron chi connectivity index (χ4n) is 1.09. The molecule has 0 atom stereocenters. The third kappa shape index (κ3) is 4.04. The van der Waals surface area contributed by atoms with E-state index in [0.717, 1.165) is 17.4 Å². The van der Waals surface area contributed by atoms with Crippen LogP contribution in [0.3, 0.4) is 0 Å². The van der Waals surface area contributed by atoms with Crippen LogP contribution in [0.5, 0.6) is 0 Å². The van der Waals surface area contributed by atoms with Crippen molar-refractivity contribution in [2.24, 2.45) is 0 Å². The topological polar surface area (TPSA) is 3.24 Å². The molecule has 54 valence electrons. The van der Waals surface area contributed by atoms with Crippen LogP contribution in [-0.2, 0) is 0 Å². The molecular weight excluding hydrogens is 189 g/mol. The molecule has 0 spiro atoms. The second-order valence-electron chi connectivity index (χ2n) is 2.33. The molecule has 0 amide bonds. The maximum absolute atomic E-state index is 4.91. The normalized spacial score (nSPS) is 17.9. The number of thiocarbonyl (C=S) groups is 1. The first kappa shape index (κ1) is 11.9. The molecule has 1 heterocycles. The molecular formula is C6H12KNS2. The Morgan fingerprint density at radius 1 is 1.20 bits per heavy atom. The van der Waals surface area contributed by atoms with E-state index in [2.05, 4.69) is 17.5 Å². The van der Waals surface area contributed by atoms with Crippen LogP contribution in [0.2, 0.25) is 0 Å². The Balaban J connectivity index is 0.000000810. The zero-order chi connectivity index (χ0) is 6.69. The molecule has 0 radical (unpaired) electrons. The predicted molar refractivity (Wildman–Crippen MR) is 54.2 cm³/mol. The molecule has 1 rings (SSSR count). The zero-order valence-corrected chi connectivity index (χ0v) is 7.05. The molecule has 0 aromatic rings. The molecule has 10 heavy (non-hydrogen) atoms. The van der Waals surface area contributed by atoms with E-state index in [1.807, 2.05) is 0 Å². The van der Waals surface area contributed by atoms with Crippen molar-refractivity contribution in [2.45, 2.75) is 19.3 Å². The quantitative estimate of drug-likeness (QED) is 0.354. The first-order valence-electron chi connectivity index (χ1n) is 3.28. The number of thiol groups is 1. The Morgan fingerprint density at radius 3 is 2.00 bits per heavy atom. The Hall–Kier alpha value is 1.88. The van der Waals surface area contributed by atoms with Crippen molar-refractivity contribution in [1.29, 1.82) is 0 Å². The van der Waals surface area contributed by atoms with E-state index in [4.69, 9.17) is 12.2 Å². The summed E-state index contributed by atoms with van der Waals surface area (Å²) in [7, 11) is 0. The molecule has 0 N–H and O–H groups in total. The van der Waals surface area contributed by atoms with Gasteiger partial charge in [-0.15, -0.1) is 12.6 Å². The van der Waals surface area contributed by atoms with E-state index < -0.39 is 0 Å². The summed E-state index contributed by atoms with van der Waals surface area (Å²) < 4.78 is 0.759. The fourth-order valence-corrected chi connectivity index (χ4v) is 1.47. The SMILES string of the molecule is S=C(S)N1CCCCC1.[KH]. The van der Waals surface area contributed by atoms with Gasteiger partial charge in [-0.25, -0.2) is 0 Å². The zero-order valence-electron chi connectivity index (χ0n) is 5.34. The van der Waals surface area contributed by atoms with Gasteiger partial charge < -0.3 is 4.90 Å². The van der Waals surface area contributed by atoms with Gasteiger partial charge in [0.1, 0.15) is 4.32 Å². The van der Waals surface area contributed by atoms with Gasteiger partial charge in [0.2, 0.25) is 0 Å². The van der Waals surface area contributed by atoms with Crippen molar-refractivity contribution < 1.29 is 0 Å². The van der Waals surface area contributed by atoms with Crippen LogP contribution in [-0.4, -0.2) is 73.7 Å². The predicted octanol–water partition coefficient (Wildman–Crippen LogP) is 1.04. The molecule has 1 aliphatic rings. The summed E-state index contributed by atoms with van der Waals surface area (Å²) in [5.74, 6) is 0. The van der Waals surface area contributed by atoms with Crippen molar-refractivity contribution in [1.82, 2.24) is 4.90 Å². The van der Waals surface area contributed by atoms with E-state index >= 15 is 0 Å².